The SMILES string of the molecule is CCCCCC(O)CCCCCC(C)(OC=O)c1ccccc1. The van der Waals surface area contributed by atoms with E-state index < -0.39 is 5.60 Å². The minimum atomic E-state index is -0.553. The molecule has 0 aliphatic carbocycles. The quantitative estimate of drug-likeness (QED) is 0.412. The monoisotopic (exact) mass is 320 g/mol. The third kappa shape index (κ3) is 7.65. The minimum absolute atomic E-state index is 0.159. The van der Waals surface area contributed by atoms with Crippen molar-refractivity contribution >= 4 is 6.47 Å². The lowest BCUT2D eigenvalue weighted by Crippen LogP contribution is -2.25. The first-order chi connectivity index (χ1) is 11.1. The van der Waals surface area contributed by atoms with E-state index in [2.05, 4.69) is 6.92 Å². The van der Waals surface area contributed by atoms with Gasteiger partial charge < -0.3 is 9.84 Å². The zero-order valence-corrected chi connectivity index (χ0v) is 14.7. The van der Waals surface area contributed by atoms with Crippen LogP contribution in [-0.4, -0.2) is 17.7 Å². The van der Waals surface area contributed by atoms with Crippen molar-refractivity contribution in [2.24, 2.45) is 0 Å². The van der Waals surface area contributed by atoms with Crippen LogP contribution < -0.4 is 0 Å². The van der Waals surface area contributed by atoms with Crippen molar-refractivity contribution in [2.75, 3.05) is 0 Å². The molecule has 0 radical (unpaired) electrons. The molecule has 0 bridgehead atoms. The number of benzene rings is 1. The van der Waals surface area contributed by atoms with Gasteiger partial charge in [-0.25, -0.2) is 0 Å². The van der Waals surface area contributed by atoms with Gasteiger partial charge in [0.2, 0.25) is 0 Å². The molecule has 0 aliphatic heterocycles. The molecule has 1 aromatic carbocycles. The van der Waals surface area contributed by atoms with Crippen LogP contribution in [0, 0.1) is 0 Å². The van der Waals surface area contributed by atoms with Crippen LogP contribution in [0.1, 0.15) is 77.2 Å². The van der Waals surface area contributed by atoms with Gasteiger partial charge in [-0.05, 0) is 38.2 Å². The molecular weight excluding hydrogens is 288 g/mol. The Morgan fingerprint density at radius 2 is 1.74 bits per heavy atom. The number of carbonyl (C=O) groups is 1. The maximum Gasteiger partial charge on any atom is 0.293 e. The molecule has 2 atom stereocenters. The highest BCUT2D eigenvalue weighted by Crippen LogP contribution is 2.30. The summed E-state index contributed by atoms with van der Waals surface area (Å²) in [5.41, 5.74) is 0.481. The molecule has 3 nitrogen and oxygen atoms in total. The highest BCUT2D eigenvalue weighted by Gasteiger charge is 2.27. The van der Waals surface area contributed by atoms with Crippen LogP contribution in [0.3, 0.4) is 0 Å². The average Bonchev–Trinajstić information content (AvgIpc) is 2.56. The highest BCUT2D eigenvalue weighted by molar-refractivity contribution is 5.40. The summed E-state index contributed by atoms with van der Waals surface area (Å²) in [5, 5.41) is 9.93. The second-order valence-electron chi connectivity index (χ2n) is 6.56. The minimum Gasteiger partial charge on any atom is -0.457 e. The number of ether oxygens (including phenoxy) is 1. The van der Waals surface area contributed by atoms with Crippen LogP contribution in [-0.2, 0) is 15.1 Å². The van der Waals surface area contributed by atoms with E-state index in [1.165, 1.54) is 12.8 Å². The van der Waals surface area contributed by atoms with E-state index in [-0.39, 0.29) is 6.10 Å². The predicted octanol–water partition coefficient (Wildman–Crippen LogP) is 4.97. The van der Waals surface area contributed by atoms with E-state index in [9.17, 15) is 9.90 Å². The van der Waals surface area contributed by atoms with Gasteiger partial charge in [0.15, 0.2) is 0 Å². The van der Waals surface area contributed by atoms with Crippen LogP contribution in [0.4, 0.5) is 0 Å². The fourth-order valence-electron chi connectivity index (χ4n) is 2.96. The fourth-order valence-corrected chi connectivity index (χ4v) is 2.96. The molecule has 0 aliphatic rings. The van der Waals surface area contributed by atoms with Gasteiger partial charge in [-0.1, -0.05) is 69.4 Å². The Morgan fingerprint density at radius 1 is 1.09 bits per heavy atom. The van der Waals surface area contributed by atoms with Gasteiger partial charge in [0, 0.05) is 0 Å². The van der Waals surface area contributed by atoms with E-state index in [0.29, 0.717) is 6.47 Å². The van der Waals surface area contributed by atoms with Crippen LogP contribution in [0.2, 0.25) is 0 Å². The third-order valence-electron chi connectivity index (χ3n) is 4.52. The lowest BCUT2D eigenvalue weighted by Gasteiger charge is -2.28. The number of aliphatic hydroxyl groups excluding tert-OH is 1. The second-order valence-corrected chi connectivity index (χ2v) is 6.56. The molecule has 0 aromatic heterocycles. The number of carbonyl (C=O) groups excluding carboxylic acids is 1. The third-order valence-corrected chi connectivity index (χ3v) is 4.52. The van der Waals surface area contributed by atoms with Crippen LogP contribution >= 0.6 is 0 Å². The molecule has 1 N–H and O–H groups in total. The molecule has 23 heavy (non-hydrogen) atoms. The molecule has 0 saturated carbocycles. The summed E-state index contributed by atoms with van der Waals surface area (Å²) in [4.78, 5) is 10.8. The molecule has 0 saturated heterocycles. The zero-order chi connectivity index (χ0) is 17.0. The standard InChI is InChI=1S/C20H32O3/c1-3-4-7-14-19(22)15-10-6-11-16-20(2,23-17-21)18-12-8-5-9-13-18/h5,8-9,12-13,17,19,22H,3-4,6-7,10-11,14-16H2,1-2H3. The van der Waals surface area contributed by atoms with E-state index >= 15 is 0 Å². The smallest absolute Gasteiger partial charge is 0.293 e. The van der Waals surface area contributed by atoms with E-state index in [4.69, 9.17) is 4.74 Å². The van der Waals surface area contributed by atoms with Crippen LogP contribution in [0.15, 0.2) is 30.3 Å². The normalized spacial score (nSPS) is 14.9. The summed E-state index contributed by atoms with van der Waals surface area (Å²) < 4.78 is 5.38. The number of rotatable bonds is 13. The molecule has 1 rings (SSSR count). The van der Waals surface area contributed by atoms with Crippen molar-refractivity contribution in [3.63, 3.8) is 0 Å². The lowest BCUT2D eigenvalue weighted by molar-refractivity contribution is -0.143. The van der Waals surface area contributed by atoms with Gasteiger partial charge >= 0.3 is 0 Å². The summed E-state index contributed by atoms with van der Waals surface area (Å²) in [6, 6.07) is 9.90. The first-order valence-corrected chi connectivity index (χ1v) is 8.97. The molecule has 3 heteroatoms. The molecule has 0 fully saturated rings. The maximum atomic E-state index is 10.8. The first kappa shape index (κ1) is 19.7. The Labute approximate surface area is 141 Å². The molecule has 0 heterocycles. The Morgan fingerprint density at radius 3 is 2.35 bits per heavy atom. The molecule has 0 amide bonds. The summed E-state index contributed by atoms with van der Waals surface area (Å²) in [5.74, 6) is 0. The number of unbranched alkanes of at least 4 members (excludes halogenated alkanes) is 4. The van der Waals surface area contributed by atoms with Gasteiger partial charge in [-0.3, -0.25) is 4.79 Å². The molecule has 0 spiro atoms. The Bertz CT molecular complexity index is 418. The van der Waals surface area contributed by atoms with Gasteiger partial charge in [0.25, 0.3) is 6.47 Å². The largest absolute Gasteiger partial charge is 0.457 e. The molecular formula is C20H32O3. The summed E-state index contributed by atoms with van der Waals surface area (Å²) in [6.45, 7) is 4.69. The lowest BCUT2D eigenvalue weighted by atomic mass is 9.89. The molecule has 1 aromatic rings. The van der Waals surface area contributed by atoms with E-state index in [0.717, 1.165) is 50.5 Å². The highest BCUT2D eigenvalue weighted by atomic mass is 16.5. The van der Waals surface area contributed by atoms with E-state index in [1.54, 1.807) is 0 Å². The van der Waals surface area contributed by atoms with Crippen molar-refractivity contribution in [3.8, 4) is 0 Å². The molecule has 2 unspecified atom stereocenters. The van der Waals surface area contributed by atoms with Gasteiger partial charge in [-0.15, -0.1) is 0 Å². The topological polar surface area (TPSA) is 46.5 Å². The van der Waals surface area contributed by atoms with Crippen molar-refractivity contribution in [1.82, 2.24) is 0 Å². The number of aliphatic hydroxyl groups is 1. The number of hydrogen-bond donors (Lipinski definition) is 1. The van der Waals surface area contributed by atoms with Gasteiger partial charge in [0.1, 0.15) is 5.60 Å². The van der Waals surface area contributed by atoms with Crippen molar-refractivity contribution in [3.05, 3.63) is 35.9 Å². The predicted molar refractivity (Wildman–Crippen MR) is 94.2 cm³/mol. The maximum absolute atomic E-state index is 10.8. The Kier molecular flexibility index (Phi) is 9.61. The zero-order valence-electron chi connectivity index (χ0n) is 14.7. The van der Waals surface area contributed by atoms with Crippen molar-refractivity contribution in [1.29, 1.82) is 0 Å². The van der Waals surface area contributed by atoms with Crippen molar-refractivity contribution < 1.29 is 14.6 Å². The average molecular weight is 320 g/mol. The summed E-state index contributed by atoms with van der Waals surface area (Å²) >= 11 is 0. The Hall–Kier alpha value is -1.35. The van der Waals surface area contributed by atoms with Crippen LogP contribution in [0.5, 0.6) is 0 Å². The van der Waals surface area contributed by atoms with Gasteiger partial charge in [-0.2, -0.15) is 0 Å². The summed E-state index contributed by atoms with van der Waals surface area (Å²) in [6.07, 6.45) is 9.03. The van der Waals surface area contributed by atoms with Crippen LogP contribution in [0.25, 0.3) is 0 Å². The van der Waals surface area contributed by atoms with E-state index in [1.807, 2.05) is 37.3 Å². The Balaban J connectivity index is 2.30. The van der Waals surface area contributed by atoms with Gasteiger partial charge in [0.05, 0.1) is 6.10 Å². The molecule has 130 valence electrons. The number of hydrogen-bond acceptors (Lipinski definition) is 3. The summed E-state index contributed by atoms with van der Waals surface area (Å²) in [7, 11) is 0. The second kappa shape index (κ2) is 11.2. The fraction of sp³-hybridized carbons (Fsp3) is 0.650. The first-order valence-electron chi connectivity index (χ1n) is 8.97. The van der Waals surface area contributed by atoms with Crippen molar-refractivity contribution in [2.45, 2.75) is 83.3 Å².